The summed E-state index contributed by atoms with van der Waals surface area (Å²) in [6, 6.07) is 3.64. The first-order chi connectivity index (χ1) is 7.79. The number of aliphatic hydroxyl groups is 1. The highest BCUT2D eigenvalue weighted by Gasteiger charge is 2.27. The summed E-state index contributed by atoms with van der Waals surface area (Å²) >= 11 is 0. The third-order valence-corrected chi connectivity index (χ3v) is 2.08. The lowest BCUT2D eigenvalue weighted by Gasteiger charge is -2.11. The van der Waals surface area contributed by atoms with Crippen molar-refractivity contribution in [3.8, 4) is 5.75 Å². The number of hydrogen-bond acceptors (Lipinski definition) is 2. The van der Waals surface area contributed by atoms with E-state index in [1.165, 1.54) is 19.1 Å². The van der Waals surface area contributed by atoms with E-state index in [2.05, 4.69) is 4.74 Å². The molecule has 0 aliphatic heterocycles. The Morgan fingerprint density at radius 3 is 2.47 bits per heavy atom. The van der Waals surface area contributed by atoms with Gasteiger partial charge in [0.05, 0.1) is 19.1 Å². The van der Waals surface area contributed by atoms with Gasteiger partial charge in [-0.1, -0.05) is 6.07 Å². The minimum absolute atomic E-state index is 0.251. The minimum Gasteiger partial charge on any atom is -0.490 e. The molecule has 0 amide bonds. The van der Waals surface area contributed by atoms with Crippen molar-refractivity contribution in [3.63, 3.8) is 0 Å². The molecule has 96 valence electrons. The van der Waals surface area contributed by atoms with Gasteiger partial charge in [-0.05, 0) is 24.6 Å². The largest absolute Gasteiger partial charge is 0.490 e. The summed E-state index contributed by atoms with van der Waals surface area (Å²) in [6.45, 7) is 0.827. The number of alkyl halides is 3. The molecule has 1 aromatic rings. The Balaban J connectivity index is 2.61. The van der Waals surface area contributed by atoms with Gasteiger partial charge in [-0.3, -0.25) is 0 Å². The monoisotopic (exact) mass is 252 g/mol. The molecule has 0 bridgehead atoms. The van der Waals surface area contributed by atoms with E-state index in [1.54, 1.807) is 0 Å². The molecule has 0 spiro atoms. The van der Waals surface area contributed by atoms with Gasteiger partial charge in [0.25, 0.3) is 0 Å². The Hall–Kier alpha value is -1.30. The van der Waals surface area contributed by atoms with Crippen molar-refractivity contribution in [3.05, 3.63) is 29.6 Å². The summed E-state index contributed by atoms with van der Waals surface area (Å²) in [6.07, 6.45) is -6.30. The highest BCUT2D eigenvalue weighted by Crippen LogP contribution is 2.24. The second kappa shape index (κ2) is 5.35. The van der Waals surface area contributed by atoms with Crippen LogP contribution in [0.15, 0.2) is 18.2 Å². The van der Waals surface area contributed by atoms with Crippen LogP contribution in [0, 0.1) is 5.82 Å². The molecular weight excluding hydrogens is 240 g/mol. The van der Waals surface area contributed by atoms with E-state index in [-0.39, 0.29) is 5.75 Å². The van der Waals surface area contributed by atoms with Crippen molar-refractivity contribution in [2.75, 3.05) is 6.61 Å². The van der Waals surface area contributed by atoms with Crippen molar-refractivity contribution >= 4 is 0 Å². The first-order valence-corrected chi connectivity index (χ1v) is 4.96. The average molecular weight is 252 g/mol. The molecule has 2 nitrogen and oxygen atoms in total. The maximum atomic E-state index is 13.3. The zero-order valence-corrected chi connectivity index (χ0v) is 9.09. The van der Waals surface area contributed by atoms with Gasteiger partial charge in [0.2, 0.25) is 0 Å². The third kappa shape index (κ3) is 4.60. The zero-order valence-electron chi connectivity index (χ0n) is 9.09. The van der Waals surface area contributed by atoms with Crippen molar-refractivity contribution in [2.24, 2.45) is 0 Å². The Morgan fingerprint density at radius 1 is 1.35 bits per heavy atom. The molecule has 0 unspecified atom stereocenters. The summed E-state index contributed by atoms with van der Waals surface area (Å²) in [4.78, 5) is 0. The smallest absolute Gasteiger partial charge is 0.392 e. The molecule has 6 heteroatoms. The van der Waals surface area contributed by atoms with Crippen LogP contribution in [-0.4, -0.2) is 17.9 Å². The number of halogens is 4. The van der Waals surface area contributed by atoms with Crippen molar-refractivity contribution < 1.29 is 27.4 Å². The zero-order chi connectivity index (χ0) is 13.1. The van der Waals surface area contributed by atoms with Crippen LogP contribution < -0.4 is 4.74 Å². The van der Waals surface area contributed by atoms with Gasteiger partial charge in [0.15, 0.2) is 11.6 Å². The third-order valence-electron chi connectivity index (χ3n) is 2.08. The molecule has 1 atom stereocenters. The molecular formula is C11H12F4O2. The highest BCUT2D eigenvalue weighted by molar-refractivity contribution is 5.30. The van der Waals surface area contributed by atoms with Crippen LogP contribution in [0.4, 0.5) is 17.6 Å². The summed E-state index contributed by atoms with van der Waals surface area (Å²) in [5.41, 5.74) is 0.339. The van der Waals surface area contributed by atoms with Crippen molar-refractivity contribution in [1.82, 2.24) is 0 Å². The molecule has 1 aromatic carbocycles. The molecule has 0 saturated carbocycles. The summed E-state index contributed by atoms with van der Waals surface area (Å²) < 4.78 is 53.5. The molecule has 17 heavy (non-hydrogen) atoms. The Labute approximate surface area is 95.8 Å². The SMILES string of the molecule is C[C@H](O)c1ccc(OCCC(F)(F)F)c(F)c1. The predicted octanol–water partition coefficient (Wildman–Crippen LogP) is 3.21. The fourth-order valence-electron chi connectivity index (χ4n) is 1.17. The fourth-order valence-corrected chi connectivity index (χ4v) is 1.17. The molecule has 0 aromatic heterocycles. The number of ether oxygens (including phenoxy) is 1. The van der Waals surface area contributed by atoms with E-state index < -0.39 is 31.1 Å². The van der Waals surface area contributed by atoms with Gasteiger partial charge < -0.3 is 9.84 Å². The molecule has 0 radical (unpaired) electrons. The molecule has 1 rings (SSSR count). The predicted molar refractivity (Wildman–Crippen MR) is 53.2 cm³/mol. The standard InChI is InChI=1S/C11H12F4O2/c1-7(16)8-2-3-10(9(12)6-8)17-5-4-11(13,14)15/h2-3,6-7,16H,4-5H2,1H3/t7-/m0/s1. The number of aliphatic hydroxyl groups excluding tert-OH is 1. The van der Waals surface area contributed by atoms with Gasteiger partial charge in [-0.25, -0.2) is 4.39 Å². The Bertz CT molecular complexity index is 374. The van der Waals surface area contributed by atoms with Gasteiger partial charge in [-0.15, -0.1) is 0 Å². The maximum Gasteiger partial charge on any atom is 0.392 e. The van der Waals surface area contributed by atoms with Crippen molar-refractivity contribution in [1.29, 1.82) is 0 Å². The van der Waals surface area contributed by atoms with Crippen LogP contribution in [0.2, 0.25) is 0 Å². The molecule has 0 aliphatic carbocycles. The normalized spacial score (nSPS) is 13.5. The van der Waals surface area contributed by atoms with Crippen LogP contribution in [0.25, 0.3) is 0 Å². The maximum absolute atomic E-state index is 13.3. The van der Waals surface area contributed by atoms with Crippen LogP contribution in [0.5, 0.6) is 5.75 Å². The topological polar surface area (TPSA) is 29.5 Å². The van der Waals surface area contributed by atoms with Gasteiger partial charge in [0.1, 0.15) is 0 Å². The lowest BCUT2D eigenvalue weighted by molar-refractivity contribution is -0.139. The van der Waals surface area contributed by atoms with Crippen LogP contribution in [0.1, 0.15) is 25.0 Å². The van der Waals surface area contributed by atoms with E-state index in [0.29, 0.717) is 5.56 Å². The summed E-state index contributed by atoms with van der Waals surface area (Å²) in [5.74, 6) is -1.04. The quantitative estimate of drug-likeness (QED) is 0.834. The van der Waals surface area contributed by atoms with E-state index in [4.69, 9.17) is 5.11 Å². The van der Waals surface area contributed by atoms with E-state index in [1.807, 2.05) is 0 Å². The van der Waals surface area contributed by atoms with Crippen LogP contribution in [-0.2, 0) is 0 Å². The molecule has 0 heterocycles. The fraction of sp³-hybridized carbons (Fsp3) is 0.455. The van der Waals surface area contributed by atoms with Crippen molar-refractivity contribution in [2.45, 2.75) is 25.6 Å². The van der Waals surface area contributed by atoms with Gasteiger partial charge in [-0.2, -0.15) is 13.2 Å². The Kier molecular flexibility index (Phi) is 4.34. The van der Waals surface area contributed by atoms with Crippen LogP contribution in [0.3, 0.4) is 0 Å². The lowest BCUT2D eigenvalue weighted by atomic mass is 10.1. The van der Waals surface area contributed by atoms with Gasteiger partial charge >= 0.3 is 6.18 Å². The highest BCUT2D eigenvalue weighted by atomic mass is 19.4. The van der Waals surface area contributed by atoms with Gasteiger partial charge in [0, 0.05) is 0 Å². The second-order valence-corrected chi connectivity index (χ2v) is 3.58. The molecule has 1 N–H and O–H groups in total. The number of benzene rings is 1. The van der Waals surface area contributed by atoms with E-state index >= 15 is 0 Å². The lowest BCUT2D eigenvalue weighted by Crippen LogP contribution is -2.13. The molecule has 0 saturated heterocycles. The van der Waals surface area contributed by atoms with E-state index in [0.717, 1.165) is 6.07 Å². The first kappa shape index (κ1) is 13.8. The number of hydrogen-bond donors (Lipinski definition) is 1. The molecule has 0 aliphatic rings. The summed E-state index contributed by atoms with van der Waals surface area (Å²) in [7, 11) is 0. The second-order valence-electron chi connectivity index (χ2n) is 3.58. The Morgan fingerprint density at radius 2 is 2.00 bits per heavy atom. The first-order valence-electron chi connectivity index (χ1n) is 4.96. The summed E-state index contributed by atoms with van der Waals surface area (Å²) in [5, 5.41) is 9.17. The molecule has 0 fully saturated rings. The average Bonchev–Trinajstić information content (AvgIpc) is 2.18. The van der Waals surface area contributed by atoms with E-state index in [9.17, 15) is 17.6 Å². The van der Waals surface area contributed by atoms with Crippen LogP contribution >= 0.6 is 0 Å². The minimum atomic E-state index is -4.32. The number of rotatable bonds is 4.